The molecule has 1 aliphatic heterocycles. The van der Waals surface area contributed by atoms with Crippen LogP contribution in [0.3, 0.4) is 0 Å². The normalized spacial score (nSPS) is 15.9. The van der Waals surface area contributed by atoms with Gasteiger partial charge in [-0.05, 0) is 43.5 Å². The minimum atomic E-state index is -1.22. The molecule has 1 fully saturated rings. The molecule has 242 valence electrons. The second kappa shape index (κ2) is 15.4. The third-order valence-corrected chi connectivity index (χ3v) is 7.25. The lowest BCUT2D eigenvalue weighted by Crippen LogP contribution is -2.59. The van der Waals surface area contributed by atoms with Crippen LogP contribution in [0.15, 0.2) is 24.3 Å². The van der Waals surface area contributed by atoms with Gasteiger partial charge < -0.3 is 36.2 Å². The summed E-state index contributed by atoms with van der Waals surface area (Å²) in [6.45, 7) is 11.9. The Morgan fingerprint density at radius 1 is 0.864 bits per heavy atom. The molecule has 0 spiro atoms. The van der Waals surface area contributed by atoms with Gasteiger partial charge in [0.1, 0.15) is 12.1 Å². The molecule has 3 atom stereocenters. The minimum absolute atomic E-state index is 0.0412. The molecule has 0 aliphatic carbocycles. The Morgan fingerprint density at radius 2 is 1.45 bits per heavy atom. The third-order valence-electron chi connectivity index (χ3n) is 7.25. The Kier molecular flexibility index (Phi) is 12.6. The van der Waals surface area contributed by atoms with E-state index in [0.717, 1.165) is 0 Å². The van der Waals surface area contributed by atoms with Crippen molar-refractivity contribution >= 4 is 41.3 Å². The van der Waals surface area contributed by atoms with Crippen molar-refractivity contribution in [3.63, 3.8) is 0 Å². The lowest BCUT2D eigenvalue weighted by Gasteiger charge is -2.32. The quantitative estimate of drug-likeness (QED) is 0.195. The number of nitrogens with zero attached hydrogens (tertiary/aromatic N) is 2. The minimum Gasteiger partial charge on any atom is -0.478 e. The second-order valence-electron chi connectivity index (χ2n) is 12.4. The van der Waals surface area contributed by atoms with E-state index in [1.807, 2.05) is 7.05 Å². The van der Waals surface area contributed by atoms with E-state index in [2.05, 4.69) is 26.2 Å². The number of carbonyl (C=O) groups excluding carboxylic acids is 6. The van der Waals surface area contributed by atoms with Crippen LogP contribution in [0.2, 0.25) is 0 Å². The Bertz CT molecular complexity index is 1270. The summed E-state index contributed by atoms with van der Waals surface area (Å²) in [6.07, 6.45) is 0. The van der Waals surface area contributed by atoms with E-state index in [0.29, 0.717) is 26.2 Å². The number of benzene rings is 1. The smallest absolute Gasteiger partial charge is 0.335 e. The first-order chi connectivity index (χ1) is 20.4. The van der Waals surface area contributed by atoms with E-state index >= 15 is 0 Å². The number of aromatic carboxylic acids is 1. The highest BCUT2D eigenvalue weighted by atomic mass is 16.4. The Labute approximate surface area is 257 Å². The summed E-state index contributed by atoms with van der Waals surface area (Å²) >= 11 is 0. The van der Waals surface area contributed by atoms with Gasteiger partial charge in [0.2, 0.25) is 23.5 Å². The lowest BCUT2D eigenvalue weighted by atomic mass is 9.85. The number of likely N-dealkylation sites (N-methyl/N-ethyl adjacent to an activating group) is 1. The number of ketones is 1. The van der Waals surface area contributed by atoms with Crippen LogP contribution in [0.25, 0.3) is 0 Å². The Morgan fingerprint density at radius 3 is 2.00 bits per heavy atom. The monoisotopic (exact) mass is 616 g/mol. The van der Waals surface area contributed by atoms with Crippen molar-refractivity contribution in [1.82, 2.24) is 31.1 Å². The molecule has 14 nitrogen and oxygen atoms in total. The van der Waals surface area contributed by atoms with Gasteiger partial charge in [-0.25, -0.2) is 4.79 Å². The molecule has 0 aromatic heterocycles. The predicted octanol–water partition coefficient (Wildman–Crippen LogP) is -0.366. The zero-order chi connectivity index (χ0) is 33.4. The zero-order valence-electron chi connectivity index (χ0n) is 26.4. The van der Waals surface area contributed by atoms with Gasteiger partial charge in [0.05, 0.1) is 18.2 Å². The number of amides is 5. The summed E-state index contributed by atoms with van der Waals surface area (Å²) in [5.41, 5.74) is -0.861. The fraction of sp³-hybridized carbons (Fsp3) is 0.567. The van der Waals surface area contributed by atoms with Gasteiger partial charge in [-0.3, -0.25) is 28.8 Å². The second-order valence-corrected chi connectivity index (χ2v) is 12.4. The summed E-state index contributed by atoms with van der Waals surface area (Å²) in [4.78, 5) is 92.1. The molecule has 1 aromatic carbocycles. The molecular formula is C30H44N6O8. The molecule has 5 amide bonds. The van der Waals surface area contributed by atoms with E-state index in [9.17, 15) is 38.7 Å². The average Bonchev–Trinajstić information content (AvgIpc) is 2.95. The molecule has 0 saturated carbocycles. The summed E-state index contributed by atoms with van der Waals surface area (Å²) in [6, 6.07) is 1.85. The van der Waals surface area contributed by atoms with Crippen molar-refractivity contribution in [3.8, 4) is 0 Å². The number of carboxylic acids is 1. The molecule has 1 saturated heterocycles. The SMILES string of the molecule is CC(C)[C@H](NC(=O)[C@H](C)NC(=O)[C@@H](NC(=O)c1cccc(C(=O)O)c1)C(C)(C)C)C(=O)C(=O)NCC(=O)N1CCN(C)CC1. The largest absolute Gasteiger partial charge is 0.478 e. The van der Waals surface area contributed by atoms with Gasteiger partial charge in [0.25, 0.3) is 11.8 Å². The van der Waals surface area contributed by atoms with Crippen LogP contribution in [0.4, 0.5) is 0 Å². The number of hydrogen-bond acceptors (Lipinski definition) is 8. The highest BCUT2D eigenvalue weighted by molar-refractivity contribution is 6.38. The van der Waals surface area contributed by atoms with Crippen molar-refractivity contribution in [1.29, 1.82) is 0 Å². The molecule has 1 heterocycles. The Hall–Kier alpha value is -4.33. The number of rotatable bonds is 12. The molecule has 0 unspecified atom stereocenters. The molecule has 14 heteroatoms. The van der Waals surface area contributed by atoms with Crippen LogP contribution in [0, 0.1) is 11.3 Å². The maximum Gasteiger partial charge on any atom is 0.335 e. The number of carbonyl (C=O) groups is 7. The van der Waals surface area contributed by atoms with Crippen molar-refractivity contribution in [2.24, 2.45) is 11.3 Å². The van der Waals surface area contributed by atoms with Gasteiger partial charge in [0.15, 0.2) is 0 Å². The van der Waals surface area contributed by atoms with Crippen LogP contribution >= 0.6 is 0 Å². The van der Waals surface area contributed by atoms with Crippen molar-refractivity contribution in [3.05, 3.63) is 35.4 Å². The van der Waals surface area contributed by atoms with Gasteiger partial charge in [-0.15, -0.1) is 0 Å². The number of carboxylic acid groups (broad SMARTS) is 1. The van der Waals surface area contributed by atoms with Crippen molar-refractivity contribution in [2.45, 2.75) is 59.7 Å². The van der Waals surface area contributed by atoms with Crippen LogP contribution in [0.1, 0.15) is 62.3 Å². The van der Waals surface area contributed by atoms with E-state index in [1.54, 1.807) is 39.5 Å². The number of nitrogens with one attached hydrogen (secondary N) is 4. The summed E-state index contributed by atoms with van der Waals surface area (Å²) in [5, 5.41) is 19.2. The van der Waals surface area contributed by atoms with Crippen LogP contribution in [-0.4, -0.2) is 114 Å². The van der Waals surface area contributed by atoms with Gasteiger partial charge in [0, 0.05) is 31.7 Å². The van der Waals surface area contributed by atoms with Crippen molar-refractivity contribution < 1.29 is 38.7 Å². The van der Waals surface area contributed by atoms with Gasteiger partial charge in [-0.2, -0.15) is 0 Å². The first-order valence-electron chi connectivity index (χ1n) is 14.5. The fourth-order valence-corrected chi connectivity index (χ4v) is 4.41. The summed E-state index contributed by atoms with van der Waals surface area (Å²) in [5.74, 6) is -6.04. The average molecular weight is 617 g/mol. The lowest BCUT2D eigenvalue weighted by molar-refractivity contribution is -0.142. The first kappa shape index (κ1) is 35.9. The van der Waals surface area contributed by atoms with E-state index in [1.165, 1.54) is 31.2 Å². The molecule has 0 radical (unpaired) electrons. The Balaban J connectivity index is 2.02. The van der Waals surface area contributed by atoms with E-state index in [4.69, 9.17) is 0 Å². The van der Waals surface area contributed by atoms with E-state index in [-0.39, 0.29) is 23.6 Å². The number of Topliss-reactive ketones (excluding diaryl/α,β-unsaturated/α-hetero) is 1. The fourth-order valence-electron chi connectivity index (χ4n) is 4.41. The van der Waals surface area contributed by atoms with Gasteiger partial charge in [-0.1, -0.05) is 40.7 Å². The molecule has 2 rings (SSSR count). The topological polar surface area (TPSA) is 194 Å². The predicted molar refractivity (Wildman–Crippen MR) is 161 cm³/mol. The molecule has 0 bridgehead atoms. The van der Waals surface area contributed by atoms with Crippen molar-refractivity contribution in [2.75, 3.05) is 39.8 Å². The maximum absolute atomic E-state index is 13.2. The maximum atomic E-state index is 13.2. The summed E-state index contributed by atoms with van der Waals surface area (Å²) in [7, 11) is 1.95. The third kappa shape index (κ3) is 10.1. The van der Waals surface area contributed by atoms with E-state index < -0.39 is 64.8 Å². The van der Waals surface area contributed by atoms with Crippen LogP contribution in [-0.2, 0) is 24.0 Å². The zero-order valence-corrected chi connectivity index (χ0v) is 26.4. The summed E-state index contributed by atoms with van der Waals surface area (Å²) < 4.78 is 0. The van der Waals surface area contributed by atoms with Gasteiger partial charge >= 0.3 is 5.97 Å². The van der Waals surface area contributed by atoms with Crippen LogP contribution in [0.5, 0.6) is 0 Å². The number of hydrogen-bond donors (Lipinski definition) is 5. The molecule has 1 aromatic rings. The van der Waals surface area contributed by atoms with Crippen LogP contribution < -0.4 is 21.3 Å². The molecule has 1 aliphatic rings. The highest BCUT2D eigenvalue weighted by Gasteiger charge is 2.36. The molecule has 5 N–H and O–H groups in total. The standard InChI is InChI=1S/C30H44N6O8/c1-17(2)22(23(38)27(41)31-16-21(37)36-13-11-35(7)12-14-36)33-25(39)18(3)32-28(42)24(30(4,5)6)34-26(40)19-9-8-10-20(15-19)29(43)44/h8-10,15,17-18,22,24H,11-14,16H2,1-7H3,(H,31,41)(H,32,42)(H,33,39)(H,34,40)(H,43,44)/t18-,22-,24+/m0/s1. The molecular weight excluding hydrogens is 572 g/mol. The number of piperazine rings is 1. The molecule has 44 heavy (non-hydrogen) atoms. The highest BCUT2D eigenvalue weighted by Crippen LogP contribution is 2.20. The first-order valence-corrected chi connectivity index (χ1v) is 14.5.